The lowest BCUT2D eigenvalue weighted by atomic mass is 9.84. The molecule has 19 heavy (non-hydrogen) atoms. The number of hydrogen-bond donors (Lipinski definition) is 0. The van der Waals surface area contributed by atoms with Crippen LogP contribution in [-0.2, 0) is 24.8 Å². The lowest BCUT2D eigenvalue weighted by molar-refractivity contribution is -0.147. The second-order valence-electron chi connectivity index (χ2n) is 4.25. The van der Waals surface area contributed by atoms with E-state index in [1.165, 1.54) is 31.2 Å². The predicted octanol–water partition coefficient (Wildman–Crippen LogP) is 1.43. The molecule has 1 aromatic rings. The molecule has 102 valence electrons. The van der Waals surface area contributed by atoms with Gasteiger partial charge in [0.2, 0.25) is 0 Å². The van der Waals surface area contributed by atoms with Gasteiger partial charge in [-0.25, -0.2) is 13.2 Å². The molecule has 5 nitrogen and oxygen atoms in total. The monoisotopic (exact) mass is 281 g/mol. The van der Waals surface area contributed by atoms with Crippen molar-refractivity contribution < 1.29 is 17.9 Å². The Balaban J connectivity index is 3.22. The molecule has 1 atom stereocenters. The van der Waals surface area contributed by atoms with Crippen molar-refractivity contribution in [1.29, 1.82) is 5.26 Å². The highest BCUT2D eigenvalue weighted by Gasteiger charge is 2.37. The van der Waals surface area contributed by atoms with Crippen LogP contribution in [0.1, 0.15) is 19.4 Å². The molecule has 0 spiro atoms. The number of carbonyl (C=O) groups excluding carboxylic acids is 1. The van der Waals surface area contributed by atoms with Gasteiger partial charge in [-0.15, -0.1) is 0 Å². The number of ether oxygens (including phenoxy) is 1. The Kier molecular flexibility index (Phi) is 4.32. The van der Waals surface area contributed by atoms with Gasteiger partial charge in [-0.2, -0.15) is 5.26 Å². The van der Waals surface area contributed by atoms with Crippen LogP contribution in [-0.4, -0.2) is 27.2 Å². The predicted molar refractivity (Wildman–Crippen MR) is 69.1 cm³/mol. The Labute approximate surface area is 112 Å². The Morgan fingerprint density at radius 1 is 1.37 bits per heavy atom. The fraction of sp³-hybridized carbons (Fsp3) is 0.385. The van der Waals surface area contributed by atoms with Crippen molar-refractivity contribution in [2.75, 3.05) is 12.9 Å². The highest BCUT2D eigenvalue weighted by Crippen LogP contribution is 2.26. The van der Waals surface area contributed by atoms with Crippen molar-refractivity contribution in [3.8, 4) is 6.07 Å². The van der Waals surface area contributed by atoms with Crippen molar-refractivity contribution in [3.05, 3.63) is 29.8 Å². The van der Waals surface area contributed by atoms with E-state index in [1.807, 2.05) is 6.07 Å². The summed E-state index contributed by atoms with van der Waals surface area (Å²) < 4.78 is 27.6. The summed E-state index contributed by atoms with van der Waals surface area (Å²) in [4.78, 5) is 12.0. The van der Waals surface area contributed by atoms with Crippen molar-refractivity contribution in [2.24, 2.45) is 0 Å². The van der Waals surface area contributed by atoms with Gasteiger partial charge in [-0.1, -0.05) is 12.1 Å². The van der Waals surface area contributed by atoms with Crippen LogP contribution < -0.4 is 0 Å². The summed E-state index contributed by atoms with van der Waals surface area (Å²) in [5, 5.41) is 9.20. The molecule has 6 heteroatoms. The summed E-state index contributed by atoms with van der Waals surface area (Å²) in [5.74, 6) is -0.649. The highest BCUT2D eigenvalue weighted by molar-refractivity contribution is 7.90. The molecule has 0 aliphatic heterocycles. The van der Waals surface area contributed by atoms with Crippen LogP contribution in [0.5, 0.6) is 0 Å². The van der Waals surface area contributed by atoms with Gasteiger partial charge >= 0.3 is 5.97 Å². The molecule has 0 saturated carbocycles. The van der Waals surface area contributed by atoms with Crippen molar-refractivity contribution in [1.82, 2.24) is 0 Å². The second-order valence-corrected chi connectivity index (χ2v) is 6.27. The minimum atomic E-state index is -3.30. The zero-order valence-electron chi connectivity index (χ0n) is 11.0. The number of rotatable bonds is 4. The van der Waals surface area contributed by atoms with E-state index < -0.39 is 21.2 Å². The van der Waals surface area contributed by atoms with Crippen LogP contribution in [0.15, 0.2) is 29.2 Å². The number of sulfone groups is 1. The van der Waals surface area contributed by atoms with E-state index in [2.05, 4.69) is 0 Å². The van der Waals surface area contributed by atoms with E-state index in [4.69, 9.17) is 4.74 Å². The summed E-state index contributed by atoms with van der Waals surface area (Å²) in [5.41, 5.74) is -1.03. The van der Waals surface area contributed by atoms with Gasteiger partial charge < -0.3 is 4.74 Å². The Morgan fingerprint density at radius 2 is 1.89 bits per heavy atom. The number of esters is 1. The number of benzene rings is 1. The lowest BCUT2D eigenvalue weighted by Crippen LogP contribution is -2.32. The summed E-state index contributed by atoms with van der Waals surface area (Å²) >= 11 is 0. The molecule has 1 aromatic carbocycles. The Bertz CT molecular complexity index is 613. The summed E-state index contributed by atoms with van der Waals surface area (Å²) in [6.07, 6.45) is 1.09. The first-order valence-electron chi connectivity index (χ1n) is 5.64. The van der Waals surface area contributed by atoms with Gasteiger partial charge in [0.15, 0.2) is 15.3 Å². The minimum Gasteiger partial charge on any atom is -0.465 e. The smallest absolute Gasteiger partial charge is 0.330 e. The van der Waals surface area contributed by atoms with E-state index in [0.717, 1.165) is 6.26 Å². The van der Waals surface area contributed by atoms with Crippen LogP contribution in [0.2, 0.25) is 0 Å². The molecule has 0 aliphatic carbocycles. The lowest BCUT2D eigenvalue weighted by Gasteiger charge is -2.19. The van der Waals surface area contributed by atoms with Crippen molar-refractivity contribution in [2.45, 2.75) is 24.2 Å². The first-order chi connectivity index (χ1) is 8.75. The van der Waals surface area contributed by atoms with Crippen LogP contribution in [0.4, 0.5) is 0 Å². The van der Waals surface area contributed by atoms with E-state index in [-0.39, 0.29) is 11.5 Å². The van der Waals surface area contributed by atoms with E-state index in [0.29, 0.717) is 5.56 Å². The zero-order chi connectivity index (χ0) is 14.7. The number of nitrogens with zero attached hydrogens (tertiary/aromatic N) is 1. The topological polar surface area (TPSA) is 84.2 Å². The molecule has 1 unspecified atom stereocenters. The molecule has 0 amide bonds. The van der Waals surface area contributed by atoms with Crippen LogP contribution in [0, 0.1) is 11.3 Å². The molecular weight excluding hydrogens is 266 g/mol. The summed E-state index contributed by atoms with van der Waals surface area (Å²) in [7, 11) is -3.30. The van der Waals surface area contributed by atoms with Gasteiger partial charge in [0, 0.05) is 6.26 Å². The molecular formula is C13H15NO4S. The van der Waals surface area contributed by atoms with Gasteiger partial charge in [0.25, 0.3) is 0 Å². The van der Waals surface area contributed by atoms with Gasteiger partial charge in [0.1, 0.15) is 0 Å². The Morgan fingerprint density at radius 3 is 2.26 bits per heavy atom. The molecule has 1 rings (SSSR count). The molecule has 0 N–H and O–H groups in total. The normalized spacial score (nSPS) is 14.2. The first kappa shape index (κ1) is 15.2. The van der Waals surface area contributed by atoms with E-state index in [9.17, 15) is 18.5 Å². The molecule has 0 heterocycles. The molecule has 0 saturated heterocycles. The maximum absolute atomic E-state index is 11.8. The molecule has 0 bridgehead atoms. The third-order valence-electron chi connectivity index (χ3n) is 2.77. The third kappa shape index (κ3) is 3.12. The summed E-state index contributed by atoms with van der Waals surface area (Å²) in [6.45, 7) is 3.28. The quantitative estimate of drug-likeness (QED) is 0.779. The van der Waals surface area contributed by atoms with E-state index in [1.54, 1.807) is 6.92 Å². The number of hydrogen-bond acceptors (Lipinski definition) is 5. The molecule has 0 aliphatic rings. The summed E-state index contributed by atoms with van der Waals surface area (Å²) in [6, 6.07) is 7.57. The van der Waals surface area contributed by atoms with Crippen LogP contribution in [0.25, 0.3) is 0 Å². The van der Waals surface area contributed by atoms with Gasteiger partial charge in [0.05, 0.1) is 17.6 Å². The maximum Gasteiger partial charge on any atom is 0.330 e. The van der Waals surface area contributed by atoms with Crippen LogP contribution >= 0.6 is 0 Å². The van der Waals surface area contributed by atoms with E-state index >= 15 is 0 Å². The standard InChI is InChI=1S/C13H15NO4S/c1-4-18-12(15)13(2,9-14)10-5-7-11(8-6-10)19(3,16)17/h5-8H,4H2,1-3H3. The average Bonchev–Trinajstić information content (AvgIpc) is 2.37. The SMILES string of the molecule is CCOC(=O)C(C)(C#N)c1ccc(S(C)(=O)=O)cc1. The Hall–Kier alpha value is -1.87. The fourth-order valence-electron chi connectivity index (χ4n) is 1.54. The van der Waals surface area contributed by atoms with Crippen LogP contribution in [0.3, 0.4) is 0 Å². The second kappa shape index (κ2) is 5.41. The minimum absolute atomic E-state index is 0.139. The zero-order valence-corrected chi connectivity index (χ0v) is 11.8. The molecule has 0 fully saturated rings. The number of nitriles is 1. The molecule has 0 radical (unpaired) electrons. The largest absolute Gasteiger partial charge is 0.465 e. The third-order valence-corrected chi connectivity index (χ3v) is 3.90. The fourth-order valence-corrected chi connectivity index (χ4v) is 2.17. The first-order valence-corrected chi connectivity index (χ1v) is 7.54. The average molecular weight is 281 g/mol. The maximum atomic E-state index is 11.8. The van der Waals surface area contributed by atoms with Crippen molar-refractivity contribution >= 4 is 15.8 Å². The number of carbonyl (C=O) groups is 1. The molecule has 0 aromatic heterocycles. The van der Waals surface area contributed by atoms with Gasteiger partial charge in [-0.3, -0.25) is 0 Å². The highest BCUT2D eigenvalue weighted by atomic mass is 32.2. The van der Waals surface area contributed by atoms with Crippen molar-refractivity contribution in [3.63, 3.8) is 0 Å². The van der Waals surface area contributed by atoms with Gasteiger partial charge in [-0.05, 0) is 31.5 Å².